The Balaban J connectivity index is 2.26. The molecule has 8 heteroatoms. The van der Waals surface area contributed by atoms with Crippen molar-refractivity contribution in [2.45, 2.75) is 25.7 Å². The molecule has 0 radical (unpaired) electrons. The van der Waals surface area contributed by atoms with E-state index in [0.717, 1.165) is 0 Å². The summed E-state index contributed by atoms with van der Waals surface area (Å²) < 4.78 is 32.1. The van der Waals surface area contributed by atoms with E-state index in [-0.39, 0.29) is 16.6 Å². The molecule has 7 nitrogen and oxygen atoms in total. The van der Waals surface area contributed by atoms with Gasteiger partial charge in [-0.25, -0.2) is 8.42 Å². The van der Waals surface area contributed by atoms with Gasteiger partial charge in [-0.2, -0.15) is 0 Å². The summed E-state index contributed by atoms with van der Waals surface area (Å²) in [5.74, 6) is 0.127. The Hall–Kier alpha value is -2.35. The largest absolute Gasteiger partial charge is 0.360 e. The SMILES string of the molecule is CC(=O)N(C)c1ccc(NS(=O)(=O)c2c(C)noc2C)cc1. The topological polar surface area (TPSA) is 92.5 Å². The van der Waals surface area contributed by atoms with Crippen LogP contribution in [-0.4, -0.2) is 26.5 Å². The zero-order valence-electron chi connectivity index (χ0n) is 12.7. The van der Waals surface area contributed by atoms with Crippen molar-refractivity contribution in [1.29, 1.82) is 0 Å². The lowest BCUT2D eigenvalue weighted by Gasteiger charge is -2.15. The summed E-state index contributed by atoms with van der Waals surface area (Å²) in [6.45, 7) is 4.56. The lowest BCUT2D eigenvalue weighted by Crippen LogP contribution is -2.22. The maximum atomic E-state index is 12.4. The van der Waals surface area contributed by atoms with Gasteiger partial charge in [0.1, 0.15) is 5.69 Å². The third-order valence-electron chi connectivity index (χ3n) is 3.22. The molecule has 0 fully saturated rings. The number of sulfonamides is 1. The Bertz CT molecular complexity index is 774. The fraction of sp³-hybridized carbons (Fsp3) is 0.286. The number of carbonyl (C=O) groups excluding carboxylic acids is 1. The van der Waals surface area contributed by atoms with E-state index in [4.69, 9.17) is 4.52 Å². The molecule has 1 aromatic heterocycles. The number of aryl methyl sites for hydroxylation is 2. The molecule has 1 N–H and O–H groups in total. The number of amides is 1. The standard InChI is InChI=1S/C14H17N3O4S/c1-9-14(10(2)21-15-9)22(19,20)16-12-5-7-13(8-6-12)17(4)11(3)18/h5-8,16H,1-4H3. The Morgan fingerprint density at radius 2 is 1.82 bits per heavy atom. The minimum Gasteiger partial charge on any atom is -0.360 e. The van der Waals surface area contributed by atoms with E-state index in [0.29, 0.717) is 17.1 Å². The Labute approximate surface area is 129 Å². The van der Waals surface area contributed by atoms with Gasteiger partial charge in [-0.1, -0.05) is 5.16 Å². The van der Waals surface area contributed by atoms with Crippen molar-refractivity contribution in [2.24, 2.45) is 0 Å². The highest BCUT2D eigenvalue weighted by molar-refractivity contribution is 7.92. The van der Waals surface area contributed by atoms with Crippen LogP contribution in [0.1, 0.15) is 18.4 Å². The number of benzene rings is 1. The summed E-state index contributed by atoms with van der Waals surface area (Å²) in [5, 5.41) is 3.64. The molecule has 0 saturated carbocycles. The molecule has 0 unspecified atom stereocenters. The minimum absolute atomic E-state index is 0.0393. The van der Waals surface area contributed by atoms with Crippen LogP contribution in [0.4, 0.5) is 11.4 Å². The van der Waals surface area contributed by atoms with Gasteiger partial charge in [0.25, 0.3) is 10.0 Å². The van der Waals surface area contributed by atoms with Gasteiger partial charge in [0.2, 0.25) is 5.91 Å². The highest BCUT2D eigenvalue weighted by Gasteiger charge is 2.24. The minimum atomic E-state index is -3.77. The molecule has 2 rings (SSSR count). The van der Waals surface area contributed by atoms with Crippen LogP contribution in [0, 0.1) is 13.8 Å². The van der Waals surface area contributed by atoms with E-state index in [1.54, 1.807) is 45.2 Å². The molecule has 2 aromatic rings. The number of hydrogen-bond acceptors (Lipinski definition) is 5. The van der Waals surface area contributed by atoms with Crippen molar-refractivity contribution in [3.05, 3.63) is 35.7 Å². The van der Waals surface area contributed by atoms with Crippen LogP contribution >= 0.6 is 0 Å². The number of nitrogens with one attached hydrogen (secondary N) is 1. The average molecular weight is 323 g/mol. The second-order valence-electron chi connectivity index (χ2n) is 4.88. The summed E-state index contributed by atoms with van der Waals surface area (Å²) in [5.41, 5.74) is 1.37. The number of anilines is 2. The molecular weight excluding hydrogens is 306 g/mol. The van der Waals surface area contributed by atoms with Gasteiger partial charge in [0, 0.05) is 25.3 Å². The van der Waals surface area contributed by atoms with E-state index < -0.39 is 10.0 Å². The molecule has 0 aliphatic rings. The van der Waals surface area contributed by atoms with Gasteiger partial charge < -0.3 is 9.42 Å². The van der Waals surface area contributed by atoms with E-state index in [1.807, 2.05) is 0 Å². The normalized spacial score (nSPS) is 11.3. The van der Waals surface area contributed by atoms with Gasteiger partial charge in [0.15, 0.2) is 10.7 Å². The Morgan fingerprint density at radius 3 is 2.27 bits per heavy atom. The van der Waals surface area contributed by atoms with Crippen LogP contribution < -0.4 is 9.62 Å². The van der Waals surface area contributed by atoms with E-state index >= 15 is 0 Å². The molecule has 0 spiro atoms. The number of aromatic nitrogens is 1. The van der Waals surface area contributed by atoms with Crippen LogP contribution in [-0.2, 0) is 14.8 Å². The van der Waals surface area contributed by atoms with Crippen molar-refractivity contribution in [3.8, 4) is 0 Å². The van der Waals surface area contributed by atoms with Crippen molar-refractivity contribution in [2.75, 3.05) is 16.7 Å². The smallest absolute Gasteiger partial charge is 0.267 e. The average Bonchev–Trinajstić information content (AvgIpc) is 2.78. The van der Waals surface area contributed by atoms with Gasteiger partial charge in [-0.15, -0.1) is 0 Å². The summed E-state index contributed by atoms with van der Waals surface area (Å²) in [6.07, 6.45) is 0. The molecule has 0 aliphatic heterocycles. The van der Waals surface area contributed by atoms with E-state index in [2.05, 4.69) is 9.88 Å². The van der Waals surface area contributed by atoms with Crippen LogP contribution in [0.3, 0.4) is 0 Å². The molecule has 1 amide bonds. The summed E-state index contributed by atoms with van der Waals surface area (Å²) in [6, 6.07) is 6.49. The fourth-order valence-electron chi connectivity index (χ4n) is 2.00. The first kappa shape index (κ1) is 16.0. The summed E-state index contributed by atoms with van der Waals surface area (Å²) in [7, 11) is -2.12. The zero-order valence-corrected chi connectivity index (χ0v) is 13.6. The van der Waals surface area contributed by atoms with Crippen molar-refractivity contribution >= 4 is 27.3 Å². The first-order valence-corrected chi connectivity index (χ1v) is 8.00. The van der Waals surface area contributed by atoms with Crippen molar-refractivity contribution in [3.63, 3.8) is 0 Å². The third kappa shape index (κ3) is 3.11. The first-order chi connectivity index (χ1) is 10.2. The molecular formula is C14H17N3O4S. The van der Waals surface area contributed by atoms with Crippen LogP contribution in [0.25, 0.3) is 0 Å². The van der Waals surface area contributed by atoms with Gasteiger partial charge in [-0.3, -0.25) is 9.52 Å². The van der Waals surface area contributed by atoms with Crippen molar-refractivity contribution < 1.29 is 17.7 Å². The predicted molar refractivity (Wildman–Crippen MR) is 82.3 cm³/mol. The van der Waals surface area contributed by atoms with Crippen LogP contribution in [0.2, 0.25) is 0 Å². The van der Waals surface area contributed by atoms with Crippen molar-refractivity contribution in [1.82, 2.24) is 5.16 Å². The first-order valence-electron chi connectivity index (χ1n) is 6.52. The van der Waals surface area contributed by atoms with Gasteiger partial charge >= 0.3 is 0 Å². The lowest BCUT2D eigenvalue weighted by atomic mass is 10.2. The third-order valence-corrected chi connectivity index (χ3v) is 4.84. The Morgan fingerprint density at radius 1 is 1.23 bits per heavy atom. The van der Waals surface area contributed by atoms with Crippen LogP contribution in [0.15, 0.2) is 33.7 Å². The molecule has 0 aliphatic carbocycles. The molecule has 0 saturated heterocycles. The molecule has 118 valence electrons. The highest BCUT2D eigenvalue weighted by Crippen LogP contribution is 2.23. The second kappa shape index (κ2) is 5.80. The maximum absolute atomic E-state index is 12.4. The van der Waals surface area contributed by atoms with Crippen LogP contribution in [0.5, 0.6) is 0 Å². The molecule has 1 aromatic carbocycles. The summed E-state index contributed by atoms with van der Waals surface area (Å²) in [4.78, 5) is 12.8. The number of carbonyl (C=O) groups is 1. The molecule has 1 heterocycles. The van der Waals surface area contributed by atoms with E-state index in [9.17, 15) is 13.2 Å². The quantitative estimate of drug-likeness (QED) is 0.930. The maximum Gasteiger partial charge on any atom is 0.267 e. The number of rotatable bonds is 4. The fourth-order valence-corrected chi connectivity index (χ4v) is 3.39. The Kier molecular flexibility index (Phi) is 4.23. The van der Waals surface area contributed by atoms with Gasteiger partial charge in [0.05, 0.1) is 0 Å². The van der Waals surface area contributed by atoms with E-state index in [1.165, 1.54) is 11.8 Å². The summed E-state index contributed by atoms with van der Waals surface area (Å²) >= 11 is 0. The molecule has 22 heavy (non-hydrogen) atoms. The molecule has 0 atom stereocenters. The molecule has 0 bridgehead atoms. The predicted octanol–water partition coefficient (Wildman–Crippen LogP) is 2.07. The number of nitrogens with zero attached hydrogens (tertiary/aromatic N) is 2. The second-order valence-corrected chi connectivity index (χ2v) is 6.50. The van der Waals surface area contributed by atoms with Gasteiger partial charge in [-0.05, 0) is 38.1 Å². The number of hydrogen-bond donors (Lipinski definition) is 1. The monoisotopic (exact) mass is 323 g/mol. The zero-order chi connectivity index (χ0) is 16.5. The highest BCUT2D eigenvalue weighted by atomic mass is 32.2. The lowest BCUT2D eigenvalue weighted by molar-refractivity contribution is -0.116.